The summed E-state index contributed by atoms with van der Waals surface area (Å²) in [7, 11) is 3.73. The molecule has 3 aromatic rings. The number of rotatable bonds is 5. The van der Waals surface area contributed by atoms with E-state index in [2.05, 4.69) is 105 Å². The average Bonchev–Trinajstić information content (AvgIpc) is 3.00. The Morgan fingerprint density at radius 1 is 0.737 bits per heavy atom. The van der Waals surface area contributed by atoms with E-state index in [1.54, 1.807) is 24.8 Å². The van der Waals surface area contributed by atoms with Gasteiger partial charge in [-0.15, -0.1) is 18.4 Å². The van der Waals surface area contributed by atoms with Crippen molar-refractivity contribution < 1.29 is 23.9 Å². The smallest absolute Gasteiger partial charge is 0.102 e. The summed E-state index contributed by atoms with van der Waals surface area (Å²) >= 11 is 1.61. The standard InChI is InChI=1S/C18H15P.C14H15N2O.ClH.Pt/c1-4-10-16(11-5-1)19(17-12-6-2-7-13-17)18-14-8-3-9-15-18;15-13-7-3-1-5-11(13)9-16-14-8-4-2-6-12(14)10-17;;/h1-15H;1-8,10-11,13,15,17H,9H2;1H;/q;-1;;+1/p-1/b;12-10+,16-14?;;. The van der Waals surface area contributed by atoms with Gasteiger partial charge in [0.25, 0.3) is 0 Å². The molecule has 0 fully saturated rings. The molecule has 38 heavy (non-hydrogen) atoms. The summed E-state index contributed by atoms with van der Waals surface area (Å²) in [6.45, 7) is 0.542. The third-order valence-electron chi connectivity index (χ3n) is 5.97. The van der Waals surface area contributed by atoms with E-state index in [0.29, 0.717) is 17.8 Å². The van der Waals surface area contributed by atoms with Gasteiger partial charge in [-0.25, -0.2) is 0 Å². The number of nitrogens with zero attached hydrogens (tertiary/aromatic N) is 1. The molecule has 197 valence electrons. The molecule has 0 amide bonds. The van der Waals surface area contributed by atoms with Crippen LogP contribution in [0, 0.1) is 5.92 Å². The van der Waals surface area contributed by atoms with Crippen molar-refractivity contribution >= 4 is 39.0 Å². The van der Waals surface area contributed by atoms with E-state index >= 15 is 0 Å². The van der Waals surface area contributed by atoms with E-state index in [4.69, 9.17) is 5.73 Å². The first-order valence-corrected chi connectivity index (χ1v) is 16.5. The Morgan fingerprint density at radius 2 is 1.21 bits per heavy atom. The van der Waals surface area contributed by atoms with Crippen molar-refractivity contribution in [3.63, 3.8) is 0 Å². The summed E-state index contributed by atoms with van der Waals surface area (Å²) in [6.07, 6.45) is 15.7. The fraction of sp³-hybridized carbons (Fsp3) is 0.0938. The van der Waals surface area contributed by atoms with Crippen LogP contribution < -0.4 is 21.0 Å². The normalized spacial score (nSPS) is 19.6. The van der Waals surface area contributed by atoms with Crippen molar-refractivity contribution in [3.8, 4) is 0 Å². The van der Waals surface area contributed by atoms with Gasteiger partial charge in [-0.2, -0.15) is 0 Å². The van der Waals surface area contributed by atoms with Gasteiger partial charge >= 0.3 is 28.2 Å². The van der Waals surface area contributed by atoms with Gasteiger partial charge in [-0.05, 0) is 54.0 Å². The number of hydrogen-bond donors (Lipinski definition) is 0. The molecule has 0 aliphatic heterocycles. The Kier molecular flexibility index (Phi) is 13.2. The molecule has 2 atom stereocenters. The molecular weight excluding hydrogens is 690 g/mol. The van der Waals surface area contributed by atoms with Crippen LogP contribution in [-0.4, -0.2) is 18.3 Å². The molecule has 0 saturated heterocycles. The Bertz CT molecular complexity index is 1190. The van der Waals surface area contributed by atoms with E-state index in [-0.39, 0.29) is 12.0 Å². The molecule has 3 nitrogen and oxygen atoms in total. The Balaban J connectivity index is 0.000000199. The zero-order chi connectivity index (χ0) is 27.0. The van der Waals surface area contributed by atoms with Gasteiger partial charge < -0.3 is 10.8 Å². The van der Waals surface area contributed by atoms with E-state index in [9.17, 15) is 5.11 Å². The molecule has 6 heteroatoms. The first kappa shape index (κ1) is 29.7. The van der Waals surface area contributed by atoms with Crippen LogP contribution in [0.5, 0.6) is 0 Å². The minimum atomic E-state index is -0.877. The van der Waals surface area contributed by atoms with Crippen LogP contribution in [0.25, 0.3) is 5.73 Å². The van der Waals surface area contributed by atoms with Crippen LogP contribution in [0.1, 0.15) is 0 Å². The van der Waals surface area contributed by atoms with E-state index < -0.39 is 7.92 Å². The summed E-state index contributed by atoms with van der Waals surface area (Å²) in [5, 5.41) is 15.1. The average molecular weight is 720 g/mol. The molecule has 0 heterocycles. The maximum Gasteiger partial charge on any atom is 0.102 e. The van der Waals surface area contributed by atoms with Crippen LogP contribution in [-0.2, 0) is 18.8 Å². The molecule has 0 spiro atoms. The third-order valence-corrected chi connectivity index (χ3v) is 8.70. The summed E-state index contributed by atoms with van der Waals surface area (Å²) in [5.74, 6) is 0.0970. The summed E-state index contributed by atoms with van der Waals surface area (Å²) in [5.41, 5.74) is 9.13. The monoisotopic (exact) mass is 719 g/mol. The second kappa shape index (κ2) is 16.9. The van der Waals surface area contributed by atoms with Gasteiger partial charge in [-0.3, -0.25) is 4.99 Å². The topological polar surface area (TPSA) is 59.2 Å². The summed E-state index contributed by atoms with van der Waals surface area (Å²) < 4.78 is 0. The molecule has 2 aliphatic carbocycles. The number of halogens is 1. The van der Waals surface area contributed by atoms with Crippen LogP contribution in [0.3, 0.4) is 0 Å². The van der Waals surface area contributed by atoms with Crippen molar-refractivity contribution in [2.24, 2.45) is 10.9 Å². The molecule has 2 aliphatic rings. The predicted molar refractivity (Wildman–Crippen MR) is 161 cm³/mol. The fourth-order valence-electron chi connectivity index (χ4n) is 4.08. The Hall–Kier alpha value is -2.80. The van der Waals surface area contributed by atoms with Crippen molar-refractivity contribution in [1.82, 2.24) is 0 Å². The van der Waals surface area contributed by atoms with Crippen molar-refractivity contribution in [3.05, 3.63) is 157 Å². The minimum absolute atomic E-state index is 0.0970. The molecular formula is C32H30ClN2OPPt-. The van der Waals surface area contributed by atoms with Crippen LogP contribution >= 0.6 is 17.3 Å². The number of nitrogens with one attached hydrogen (secondary N) is 1. The molecule has 0 aromatic heterocycles. The zero-order valence-corrected chi connectivity index (χ0v) is 24.8. The zero-order valence-electron chi connectivity index (χ0n) is 20.8. The second-order valence-electron chi connectivity index (χ2n) is 8.45. The maximum atomic E-state index is 10.8. The molecule has 0 radical (unpaired) electrons. The first-order valence-electron chi connectivity index (χ1n) is 12.2. The van der Waals surface area contributed by atoms with E-state index in [1.807, 2.05) is 42.5 Å². The van der Waals surface area contributed by atoms with Crippen molar-refractivity contribution in [2.75, 3.05) is 6.54 Å². The van der Waals surface area contributed by atoms with Gasteiger partial charge in [0.05, 0.1) is 13.6 Å². The van der Waals surface area contributed by atoms with Crippen LogP contribution in [0.4, 0.5) is 0 Å². The van der Waals surface area contributed by atoms with Crippen LogP contribution in [0.15, 0.2) is 156 Å². The molecule has 2 unspecified atom stereocenters. The van der Waals surface area contributed by atoms with Crippen LogP contribution in [0.2, 0.25) is 0 Å². The Morgan fingerprint density at radius 3 is 1.68 bits per heavy atom. The summed E-state index contributed by atoms with van der Waals surface area (Å²) in [6, 6.07) is 32.3. The molecule has 3 aromatic carbocycles. The first-order chi connectivity index (χ1) is 18.8. The third kappa shape index (κ3) is 8.90. The number of allylic oxidation sites excluding steroid dienone is 7. The molecule has 0 bridgehead atoms. The quantitative estimate of drug-likeness (QED) is 0.242. The second-order valence-corrected chi connectivity index (χ2v) is 10.9. The SMILES string of the molecule is [Cl][Pt].[NH-]C1C=CC=CC1CN=C1C=CC=C/C1=C\[O-].c1ccc([PH+](c2ccccc2)c2ccccc2)cc1. The molecule has 0 saturated carbocycles. The van der Waals surface area contributed by atoms with Gasteiger partial charge in [0.1, 0.15) is 15.9 Å². The van der Waals surface area contributed by atoms with Gasteiger partial charge in [0.2, 0.25) is 0 Å². The van der Waals surface area contributed by atoms with Crippen molar-refractivity contribution in [2.45, 2.75) is 6.04 Å². The number of hydrogen-bond acceptors (Lipinski definition) is 2. The minimum Gasteiger partial charge on any atom is -0.877 e. The Labute approximate surface area is 242 Å². The largest absolute Gasteiger partial charge is 0.877 e. The van der Waals surface area contributed by atoms with Gasteiger partial charge in [-0.1, -0.05) is 91.1 Å². The van der Waals surface area contributed by atoms with Crippen molar-refractivity contribution in [1.29, 1.82) is 0 Å². The number of benzene rings is 3. The molecule has 5 rings (SSSR count). The van der Waals surface area contributed by atoms with E-state index in [0.717, 1.165) is 6.26 Å². The number of aliphatic imine (C=N–C) groups is 1. The molecule has 1 N–H and O–H groups in total. The van der Waals surface area contributed by atoms with E-state index in [1.165, 1.54) is 15.9 Å². The predicted octanol–water partition coefficient (Wildman–Crippen LogP) is 5.82. The van der Waals surface area contributed by atoms with Gasteiger partial charge in [0.15, 0.2) is 0 Å². The fourth-order valence-corrected chi connectivity index (χ4v) is 6.65. The summed E-state index contributed by atoms with van der Waals surface area (Å²) in [4.78, 5) is 4.41. The maximum absolute atomic E-state index is 10.8. The van der Waals surface area contributed by atoms with Gasteiger partial charge in [0, 0.05) is 6.54 Å².